The Morgan fingerprint density at radius 2 is 1.78 bits per heavy atom. The first-order chi connectivity index (χ1) is 12.9. The maximum absolute atomic E-state index is 13.2. The molecular formula is C20H20FN3O3. The topological polar surface area (TPSA) is 73.7 Å². The number of hydrogen-bond acceptors (Lipinski definition) is 5. The Kier molecular flexibility index (Phi) is 5.32. The van der Waals surface area contributed by atoms with Gasteiger partial charge >= 0.3 is 0 Å². The van der Waals surface area contributed by atoms with Gasteiger partial charge in [-0.3, -0.25) is 14.6 Å². The Morgan fingerprint density at radius 1 is 1.15 bits per heavy atom. The number of aromatic nitrogens is 1. The lowest BCUT2D eigenvalue weighted by Gasteiger charge is -2.26. The van der Waals surface area contributed by atoms with E-state index in [-0.39, 0.29) is 16.9 Å². The number of Topliss-reactive ketones (excluding diaryl/α,β-unsaturated/α-hetero) is 1. The van der Waals surface area contributed by atoms with Crippen LogP contribution in [-0.2, 0) is 9.59 Å². The molecule has 1 aromatic heterocycles. The Morgan fingerprint density at radius 3 is 2.37 bits per heavy atom. The number of nitrogens with zero attached hydrogens (tertiary/aromatic N) is 3. The number of ketones is 1. The van der Waals surface area contributed by atoms with Gasteiger partial charge in [0.1, 0.15) is 11.6 Å². The first-order valence-corrected chi connectivity index (χ1v) is 8.49. The van der Waals surface area contributed by atoms with Gasteiger partial charge < -0.3 is 14.9 Å². The molecule has 1 aliphatic heterocycles. The van der Waals surface area contributed by atoms with Crippen molar-refractivity contribution in [3.63, 3.8) is 0 Å². The summed E-state index contributed by atoms with van der Waals surface area (Å²) in [5, 5.41) is 10.8. The average molecular weight is 369 g/mol. The molecule has 2 aromatic rings. The van der Waals surface area contributed by atoms with Crippen molar-refractivity contribution in [3.8, 4) is 0 Å². The highest BCUT2D eigenvalue weighted by atomic mass is 19.1. The quantitative estimate of drug-likeness (QED) is 0.497. The molecule has 27 heavy (non-hydrogen) atoms. The molecule has 3 rings (SSSR count). The minimum atomic E-state index is -0.752. The van der Waals surface area contributed by atoms with Crippen LogP contribution in [0, 0.1) is 5.82 Å². The molecule has 6 nitrogen and oxygen atoms in total. The number of likely N-dealkylation sites (N-methyl/N-ethyl adjacent to an activating group) is 1. The molecule has 2 heterocycles. The van der Waals surface area contributed by atoms with E-state index in [2.05, 4.69) is 4.98 Å². The molecule has 1 amide bonds. The van der Waals surface area contributed by atoms with Crippen LogP contribution >= 0.6 is 0 Å². The number of hydrogen-bond donors (Lipinski definition) is 1. The lowest BCUT2D eigenvalue weighted by atomic mass is 9.96. The van der Waals surface area contributed by atoms with Crippen LogP contribution in [0.25, 0.3) is 5.76 Å². The summed E-state index contributed by atoms with van der Waals surface area (Å²) in [6, 6.07) is 7.83. The molecule has 140 valence electrons. The summed E-state index contributed by atoms with van der Waals surface area (Å²) >= 11 is 0. The van der Waals surface area contributed by atoms with Crippen molar-refractivity contribution in [2.75, 3.05) is 27.2 Å². The monoisotopic (exact) mass is 369 g/mol. The molecule has 1 saturated heterocycles. The highest BCUT2D eigenvalue weighted by Crippen LogP contribution is 2.38. The van der Waals surface area contributed by atoms with Gasteiger partial charge in [0.25, 0.3) is 11.7 Å². The van der Waals surface area contributed by atoms with Crippen LogP contribution < -0.4 is 0 Å². The van der Waals surface area contributed by atoms with Crippen LogP contribution in [0.15, 0.2) is 54.4 Å². The maximum atomic E-state index is 13.2. The van der Waals surface area contributed by atoms with Crippen molar-refractivity contribution in [1.29, 1.82) is 0 Å². The SMILES string of the molecule is CN(C)CCN1C(=O)C(=O)/C(=C(/O)c2ccc(F)cc2)[C@H]1c1ccncc1. The summed E-state index contributed by atoms with van der Waals surface area (Å²) in [5.74, 6) is -2.19. The molecule has 1 fully saturated rings. The number of carbonyl (C=O) groups excluding carboxylic acids is 2. The fourth-order valence-electron chi connectivity index (χ4n) is 3.07. The van der Waals surface area contributed by atoms with E-state index < -0.39 is 23.5 Å². The van der Waals surface area contributed by atoms with E-state index in [9.17, 15) is 19.1 Å². The van der Waals surface area contributed by atoms with Crippen molar-refractivity contribution >= 4 is 17.4 Å². The summed E-state index contributed by atoms with van der Waals surface area (Å²) in [5.41, 5.74) is 0.948. The number of aliphatic hydroxyl groups is 1. The molecule has 7 heteroatoms. The lowest BCUT2D eigenvalue weighted by molar-refractivity contribution is -0.140. The molecule has 1 N–H and O–H groups in total. The fourth-order valence-corrected chi connectivity index (χ4v) is 3.07. The van der Waals surface area contributed by atoms with E-state index >= 15 is 0 Å². The first kappa shape index (κ1) is 18.7. The Bertz CT molecular complexity index is 879. The standard InChI is InChI=1S/C20H20FN3O3/c1-23(2)11-12-24-17(13-7-9-22-10-8-13)16(19(26)20(24)27)18(25)14-3-5-15(21)6-4-14/h3-10,17,25H,11-12H2,1-2H3/b18-16+/t17-/m1/s1. The van der Waals surface area contributed by atoms with Crippen LogP contribution in [0.5, 0.6) is 0 Å². The van der Waals surface area contributed by atoms with E-state index in [4.69, 9.17) is 0 Å². The number of pyridine rings is 1. The lowest BCUT2D eigenvalue weighted by Crippen LogP contribution is -2.35. The third-order valence-electron chi connectivity index (χ3n) is 4.47. The molecule has 0 unspecified atom stereocenters. The average Bonchev–Trinajstić information content (AvgIpc) is 2.91. The minimum absolute atomic E-state index is 0.00318. The summed E-state index contributed by atoms with van der Waals surface area (Å²) in [6.07, 6.45) is 3.14. The van der Waals surface area contributed by atoms with Gasteiger partial charge in [-0.2, -0.15) is 0 Å². The van der Waals surface area contributed by atoms with Gasteiger partial charge in [0.2, 0.25) is 0 Å². The molecule has 1 atom stereocenters. The largest absolute Gasteiger partial charge is 0.507 e. The Labute approximate surface area is 156 Å². The minimum Gasteiger partial charge on any atom is -0.507 e. The van der Waals surface area contributed by atoms with Gasteiger partial charge in [0, 0.05) is 31.0 Å². The number of carbonyl (C=O) groups is 2. The predicted octanol–water partition coefficient (Wildman–Crippen LogP) is 2.20. The van der Waals surface area contributed by atoms with Crippen molar-refractivity contribution < 1.29 is 19.1 Å². The van der Waals surface area contributed by atoms with Crippen molar-refractivity contribution in [1.82, 2.24) is 14.8 Å². The van der Waals surface area contributed by atoms with Crippen LogP contribution in [0.1, 0.15) is 17.2 Å². The Balaban J connectivity index is 2.12. The second kappa shape index (κ2) is 7.67. The Hall–Kier alpha value is -3.06. The van der Waals surface area contributed by atoms with Gasteiger partial charge in [-0.15, -0.1) is 0 Å². The van der Waals surface area contributed by atoms with E-state index in [1.54, 1.807) is 24.5 Å². The number of benzene rings is 1. The van der Waals surface area contributed by atoms with Gasteiger partial charge in [0.05, 0.1) is 11.6 Å². The predicted molar refractivity (Wildman–Crippen MR) is 98.2 cm³/mol. The van der Waals surface area contributed by atoms with Crippen LogP contribution in [0.4, 0.5) is 4.39 Å². The molecule has 0 aliphatic carbocycles. The number of aliphatic hydroxyl groups excluding tert-OH is 1. The molecule has 1 aliphatic rings. The molecule has 0 spiro atoms. The molecule has 0 saturated carbocycles. The number of halogens is 1. The van der Waals surface area contributed by atoms with Crippen LogP contribution in [0.3, 0.4) is 0 Å². The van der Waals surface area contributed by atoms with E-state index in [1.807, 2.05) is 19.0 Å². The number of rotatable bonds is 5. The van der Waals surface area contributed by atoms with Gasteiger partial charge in [-0.05, 0) is 56.1 Å². The van der Waals surface area contributed by atoms with Gasteiger partial charge in [-0.25, -0.2) is 4.39 Å². The van der Waals surface area contributed by atoms with E-state index in [1.165, 1.54) is 29.2 Å². The van der Waals surface area contributed by atoms with Crippen molar-refractivity contribution in [3.05, 3.63) is 71.3 Å². The smallest absolute Gasteiger partial charge is 0.295 e. The summed E-state index contributed by atoms with van der Waals surface area (Å²) < 4.78 is 13.2. The zero-order valence-electron chi connectivity index (χ0n) is 15.1. The van der Waals surface area contributed by atoms with Crippen LogP contribution in [0.2, 0.25) is 0 Å². The number of amides is 1. The summed E-state index contributed by atoms with van der Waals surface area (Å²) in [6.45, 7) is 0.885. The highest BCUT2D eigenvalue weighted by Gasteiger charge is 2.45. The summed E-state index contributed by atoms with van der Waals surface area (Å²) in [7, 11) is 3.74. The zero-order chi connectivity index (χ0) is 19.6. The molecule has 0 radical (unpaired) electrons. The van der Waals surface area contributed by atoms with Gasteiger partial charge in [0.15, 0.2) is 0 Å². The van der Waals surface area contributed by atoms with Crippen molar-refractivity contribution in [2.45, 2.75) is 6.04 Å². The third kappa shape index (κ3) is 3.73. The van der Waals surface area contributed by atoms with Gasteiger partial charge in [-0.1, -0.05) is 0 Å². The zero-order valence-corrected chi connectivity index (χ0v) is 15.1. The number of likely N-dealkylation sites (tertiary alicyclic amines) is 1. The highest BCUT2D eigenvalue weighted by molar-refractivity contribution is 6.46. The first-order valence-electron chi connectivity index (χ1n) is 8.49. The fraction of sp³-hybridized carbons (Fsp3) is 0.250. The molecule has 0 bridgehead atoms. The van der Waals surface area contributed by atoms with Crippen molar-refractivity contribution in [2.24, 2.45) is 0 Å². The second-order valence-electron chi connectivity index (χ2n) is 6.58. The second-order valence-corrected chi connectivity index (χ2v) is 6.58. The maximum Gasteiger partial charge on any atom is 0.295 e. The normalized spacial score (nSPS) is 19.1. The van der Waals surface area contributed by atoms with E-state index in [0.29, 0.717) is 18.7 Å². The summed E-state index contributed by atoms with van der Waals surface area (Å²) in [4.78, 5) is 32.7. The molecular weight excluding hydrogens is 349 g/mol. The molecule has 1 aromatic carbocycles. The third-order valence-corrected chi connectivity index (χ3v) is 4.47. The van der Waals surface area contributed by atoms with E-state index in [0.717, 1.165) is 0 Å². The van der Waals surface area contributed by atoms with Crippen LogP contribution in [-0.4, -0.2) is 58.8 Å².